The fraction of sp³-hybridized carbons (Fsp3) is 0.323. The Morgan fingerprint density at radius 1 is 1.10 bits per heavy atom. The average molecular weight is 577 g/mol. The van der Waals surface area contributed by atoms with Gasteiger partial charge in [-0.25, -0.2) is 12.7 Å². The normalized spacial score (nSPS) is 16.1. The number of nitriles is 1. The van der Waals surface area contributed by atoms with Crippen molar-refractivity contribution in [2.75, 3.05) is 36.5 Å². The highest BCUT2D eigenvalue weighted by Crippen LogP contribution is 2.32. The third-order valence-corrected chi connectivity index (χ3v) is 8.92. The zero-order valence-electron chi connectivity index (χ0n) is 23.0. The van der Waals surface area contributed by atoms with Crippen molar-refractivity contribution < 1.29 is 13.3 Å². The molecule has 0 aromatic heterocycles. The Kier molecular flexibility index (Phi) is 10.8. The van der Waals surface area contributed by atoms with Crippen molar-refractivity contribution >= 4 is 33.7 Å². The second-order valence-electron chi connectivity index (χ2n) is 9.70. The molecule has 3 aromatic carbocycles. The molecule has 1 aliphatic rings. The van der Waals surface area contributed by atoms with Gasteiger partial charge in [-0.2, -0.15) is 5.26 Å². The molecular formula is C31H36N4O3S2. The van der Waals surface area contributed by atoms with Gasteiger partial charge in [0.05, 0.1) is 37.1 Å². The lowest BCUT2D eigenvalue weighted by Gasteiger charge is -2.31. The van der Waals surface area contributed by atoms with Crippen LogP contribution >= 0.6 is 11.9 Å². The minimum atomic E-state index is -3.60. The first-order chi connectivity index (χ1) is 19.4. The number of hydroxylamine groups is 1. The monoisotopic (exact) mass is 576 g/mol. The number of hydrogen-bond donors (Lipinski definition) is 0. The second-order valence-corrected chi connectivity index (χ2v) is 12.7. The zero-order valence-corrected chi connectivity index (χ0v) is 24.7. The van der Waals surface area contributed by atoms with Crippen LogP contribution in [0.5, 0.6) is 0 Å². The molecule has 0 spiro atoms. The van der Waals surface area contributed by atoms with E-state index < -0.39 is 10.0 Å². The molecule has 40 heavy (non-hydrogen) atoms. The highest BCUT2D eigenvalue weighted by molar-refractivity contribution is 7.97. The molecule has 0 saturated carbocycles. The Bertz CT molecular complexity index is 1410. The molecule has 4 rings (SSSR count). The van der Waals surface area contributed by atoms with Crippen molar-refractivity contribution in [1.82, 2.24) is 8.77 Å². The van der Waals surface area contributed by atoms with Crippen molar-refractivity contribution in [3.63, 3.8) is 0 Å². The molecule has 1 unspecified atom stereocenters. The SMILES string of the molecule is CCCSN1Cc2cc(C#N)ccc2N(CCN(OCc2ccccc2)S(C)(=O)=O)CC1/C=C/c1ccccc1. The van der Waals surface area contributed by atoms with E-state index >= 15 is 0 Å². The Balaban J connectivity index is 1.61. The van der Waals surface area contributed by atoms with E-state index in [-0.39, 0.29) is 19.2 Å². The number of hydrogen-bond acceptors (Lipinski definition) is 7. The van der Waals surface area contributed by atoms with E-state index in [4.69, 9.17) is 4.84 Å². The van der Waals surface area contributed by atoms with Gasteiger partial charge in [-0.05, 0) is 41.3 Å². The number of anilines is 1. The van der Waals surface area contributed by atoms with E-state index in [0.29, 0.717) is 25.2 Å². The molecule has 210 valence electrons. The second kappa shape index (κ2) is 14.5. The summed E-state index contributed by atoms with van der Waals surface area (Å²) in [7, 11) is -3.60. The summed E-state index contributed by atoms with van der Waals surface area (Å²) in [6.45, 7) is 4.28. The van der Waals surface area contributed by atoms with E-state index in [1.165, 1.54) is 6.26 Å². The lowest BCUT2D eigenvalue weighted by atomic mass is 10.1. The Morgan fingerprint density at radius 3 is 2.50 bits per heavy atom. The molecule has 1 aliphatic heterocycles. The third-order valence-electron chi connectivity index (χ3n) is 6.56. The van der Waals surface area contributed by atoms with E-state index in [1.807, 2.05) is 78.7 Å². The van der Waals surface area contributed by atoms with Gasteiger partial charge in [0.15, 0.2) is 0 Å². The maximum atomic E-state index is 12.6. The minimum absolute atomic E-state index is 0.0617. The van der Waals surface area contributed by atoms with E-state index in [2.05, 4.69) is 46.5 Å². The Hall–Kier alpha value is -3.13. The molecule has 0 saturated heterocycles. The Morgan fingerprint density at radius 2 is 1.82 bits per heavy atom. The van der Waals surface area contributed by atoms with Crippen LogP contribution in [0.25, 0.3) is 6.08 Å². The molecule has 9 heteroatoms. The summed E-state index contributed by atoms with van der Waals surface area (Å²) >= 11 is 1.81. The van der Waals surface area contributed by atoms with Crippen molar-refractivity contribution in [2.24, 2.45) is 0 Å². The van der Waals surface area contributed by atoms with Gasteiger partial charge in [0, 0.05) is 31.1 Å². The molecule has 1 heterocycles. The topological polar surface area (TPSA) is 76.9 Å². The fourth-order valence-electron chi connectivity index (χ4n) is 4.54. The maximum Gasteiger partial charge on any atom is 0.233 e. The summed E-state index contributed by atoms with van der Waals surface area (Å²) in [6.07, 6.45) is 6.59. The molecule has 0 amide bonds. The molecule has 3 aromatic rings. The summed E-state index contributed by atoms with van der Waals surface area (Å²) in [4.78, 5) is 8.01. The van der Waals surface area contributed by atoms with Crippen molar-refractivity contribution in [3.05, 3.63) is 107 Å². The van der Waals surface area contributed by atoms with Crippen molar-refractivity contribution in [2.45, 2.75) is 32.5 Å². The first-order valence-corrected chi connectivity index (χ1v) is 16.2. The standard InChI is InChI=1S/C31H36N4O3S2/c1-3-20-39-34-23-29-21-28(22-32)15-17-31(29)33(24-30(34)16-14-26-10-6-4-7-11-26)18-19-35(40(2,36)37)38-25-27-12-8-5-9-13-27/h4-17,21,30H,3,18-20,23-25H2,1-2H3/b16-14+. The highest BCUT2D eigenvalue weighted by atomic mass is 32.2. The molecule has 1 atom stereocenters. The first kappa shape index (κ1) is 29.8. The number of rotatable bonds is 12. The fourth-order valence-corrected chi connectivity index (χ4v) is 6.18. The van der Waals surface area contributed by atoms with Crippen molar-refractivity contribution in [1.29, 1.82) is 5.26 Å². The van der Waals surface area contributed by atoms with E-state index in [1.54, 1.807) is 0 Å². The first-order valence-electron chi connectivity index (χ1n) is 13.4. The van der Waals surface area contributed by atoms with Crippen LogP contribution in [-0.2, 0) is 28.0 Å². The maximum absolute atomic E-state index is 12.6. The predicted octanol–water partition coefficient (Wildman–Crippen LogP) is 5.71. The van der Waals surface area contributed by atoms with Gasteiger partial charge in [0.1, 0.15) is 0 Å². The van der Waals surface area contributed by atoms with Crippen LogP contribution in [0.15, 0.2) is 84.9 Å². The molecule has 7 nitrogen and oxygen atoms in total. The third kappa shape index (κ3) is 8.43. The van der Waals surface area contributed by atoms with Gasteiger partial charge >= 0.3 is 0 Å². The molecule has 0 fully saturated rings. The molecular weight excluding hydrogens is 541 g/mol. The van der Waals surface area contributed by atoms with Crippen LogP contribution in [0.1, 0.15) is 35.6 Å². The summed E-state index contributed by atoms with van der Waals surface area (Å²) in [5.41, 5.74) is 4.69. The largest absolute Gasteiger partial charge is 0.368 e. The van der Waals surface area contributed by atoms with Crippen molar-refractivity contribution in [3.8, 4) is 6.07 Å². The lowest BCUT2D eigenvalue weighted by molar-refractivity contribution is -0.0936. The van der Waals surface area contributed by atoms with Gasteiger partial charge in [0.2, 0.25) is 10.0 Å². The smallest absolute Gasteiger partial charge is 0.233 e. The van der Waals surface area contributed by atoms with Crippen LogP contribution < -0.4 is 4.90 Å². The van der Waals surface area contributed by atoms with E-state index in [9.17, 15) is 13.7 Å². The zero-order chi connectivity index (χ0) is 28.4. The predicted molar refractivity (Wildman–Crippen MR) is 164 cm³/mol. The number of fused-ring (bicyclic) bond motifs is 1. The lowest BCUT2D eigenvalue weighted by Crippen LogP contribution is -2.42. The van der Waals surface area contributed by atoms with Gasteiger partial charge < -0.3 is 4.90 Å². The summed E-state index contributed by atoms with van der Waals surface area (Å²) in [5.74, 6) is 0.984. The molecule has 0 aliphatic carbocycles. The van der Waals surface area contributed by atoms with E-state index in [0.717, 1.165) is 39.0 Å². The van der Waals surface area contributed by atoms with Gasteiger partial charge in [-0.3, -0.25) is 4.84 Å². The number of benzene rings is 3. The van der Waals surface area contributed by atoms with Crippen LogP contribution in [0.2, 0.25) is 0 Å². The van der Waals surface area contributed by atoms with Gasteiger partial charge in [-0.15, -0.1) is 0 Å². The van der Waals surface area contributed by atoms with Crippen LogP contribution in [0.4, 0.5) is 5.69 Å². The average Bonchev–Trinajstić information content (AvgIpc) is 3.11. The van der Waals surface area contributed by atoms with Gasteiger partial charge in [-0.1, -0.05) is 96.2 Å². The highest BCUT2D eigenvalue weighted by Gasteiger charge is 2.28. The van der Waals surface area contributed by atoms with Crippen LogP contribution in [-0.4, -0.2) is 54.9 Å². The number of sulfonamides is 1. The molecule has 0 N–H and O–H groups in total. The van der Waals surface area contributed by atoms with Gasteiger partial charge in [0.25, 0.3) is 0 Å². The summed E-state index contributed by atoms with van der Waals surface area (Å²) in [5, 5.41) is 9.58. The molecule has 0 radical (unpaired) electrons. The summed E-state index contributed by atoms with van der Waals surface area (Å²) < 4.78 is 28.7. The van der Waals surface area contributed by atoms with Crippen LogP contribution in [0.3, 0.4) is 0 Å². The quantitative estimate of drug-likeness (QED) is 0.202. The molecule has 0 bridgehead atoms. The number of nitrogens with zero attached hydrogens (tertiary/aromatic N) is 4. The van der Waals surface area contributed by atoms with Crippen LogP contribution in [0, 0.1) is 11.3 Å². The Labute approximate surface area is 242 Å². The summed E-state index contributed by atoms with van der Waals surface area (Å²) in [6, 6.07) is 27.8. The minimum Gasteiger partial charge on any atom is -0.368 e.